The van der Waals surface area contributed by atoms with Crippen molar-refractivity contribution >= 4 is 46.5 Å². The van der Waals surface area contributed by atoms with Gasteiger partial charge in [-0.1, -0.05) is 36.4 Å². The van der Waals surface area contributed by atoms with Crippen LogP contribution in [0, 0.1) is 0 Å². The largest absolute Gasteiger partial charge is 0.378 e. The molecule has 1 fully saturated rings. The van der Waals surface area contributed by atoms with Crippen molar-refractivity contribution in [2.75, 3.05) is 51.6 Å². The molecule has 2 aliphatic rings. The van der Waals surface area contributed by atoms with Gasteiger partial charge in [-0.05, 0) is 58.7 Å². The van der Waals surface area contributed by atoms with Crippen LogP contribution in [0.4, 0.5) is 11.4 Å². The van der Waals surface area contributed by atoms with Crippen LogP contribution in [0.2, 0.25) is 0 Å². The van der Waals surface area contributed by atoms with Crippen LogP contribution in [0.1, 0.15) is 30.4 Å². The van der Waals surface area contributed by atoms with Gasteiger partial charge in [-0.25, -0.2) is 9.37 Å². The second kappa shape index (κ2) is 13.1. The summed E-state index contributed by atoms with van der Waals surface area (Å²) in [6.07, 6.45) is 13.0. The van der Waals surface area contributed by atoms with E-state index in [4.69, 9.17) is 4.84 Å². The molecule has 41 heavy (non-hydrogen) atoms. The van der Waals surface area contributed by atoms with Crippen LogP contribution in [0.15, 0.2) is 84.5 Å². The van der Waals surface area contributed by atoms with Gasteiger partial charge in [0.1, 0.15) is 14.1 Å². The number of hydroxylamine groups is 2. The van der Waals surface area contributed by atoms with Crippen molar-refractivity contribution in [1.82, 2.24) is 5.06 Å². The summed E-state index contributed by atoms with van der Waals surface area (Å²) in [6.45, 7) is 0.383. The predicted octanol–water partition coefficient (Wildman–Crippen LogP) is 4.49. The molecule has 2 aromatic rings. The number of nitrogens with zero attached hydrogens (tertiary/aromatic N) is 4. The Hall–Kier alpha value is -4.72. The average molecular weight is 554 g/mol. The van der Waals surface area contributed by atoms with E-state index in [1.807, 2.05) is 64.4 Å². The maximum atomic E-state index is 12.2. The maximum Gasteiger partial charge on any atom is 0.334 e. The van der Waals surface area contributed by atoms with Crippen LogP contribution >= 0.6 is 0 Å². The van der Waals surface area contributed by atoms with Gasteiger partial charge in [-0.2, -0.15) is 0 Å². The normalized spacial score (nSPS) is 14.7. The topological polar surface area (TPSA) is 73.2 Å². The van der Waals surface area contributed by atoms with Gasteiger partial charge in [0, 0.05) is 64.1 Å². The number of amides is 2. The van der Waals surface area contributed by atoms with Crippen LogP contribution < -0.4 is 9.80 Å². The minimum atomic E-state index is -0.611. The standard InChI is InChI=1S/C33H37N4O4/c1-34(2)27-15-9-25(10-16-27)30(26-11-17-28(18-12-26)35(3)4)19-8-24-6-13-29(14-7-24)36(5)23-22-33(40)41-37-31(38)20-21-32(37)39/h6-19H,20-23H2,1-5H3/q+1. The number of rotatable bonds is 9. The van der Waals surface area contributed by atoms with E-state index < -0.39 is 17.8 Å². The van der Waals surface area contributed by atoms with Crippen molar-refractivity contribution in [2.45, 2.75) is 19.3 Å². The number of carbonyl (C=O) groups excluding carboxylic acids is 3. The first-order chi connectivity index (χ1) is 19.6. The molecule has 1 saturated heterocycles. The maximum absolute atomic E-state index is 12.2. The lowest BCUT2D eigenvalue weighted by molar-refractivity contribution is -0.462. The van der Waals surface area contributed by atoms with Gasteiger partial charge in [0.15, 0.2) is 5.71 Å². The van der Waals surface area contributed by atoms with Crippen LogP contribution in [-0.4, -0.2) is 74.9 Å². The second-order valence-electron chi connectivity index (χ2n) is 10.4. The van der Waals surface area contributed by atoms with Crippen LogP contribution in [0.25, 0.3) is 11.6 Å². The molecule has 0 spiro atoms. The molecule has 8 nitrogen and oxygen atoms in total. The zero-order chi connectivity index (χ0) is 29.5. The molecule has 0 radical (unpaired) electrons. The minimum Gasteiger partial charge on any atom is -0.378 e. The highest BCUT2D eigenvalue weighted by atomic mass is 16.7. The fourth-order valence-corrected chi connectivity index (χ4v) is 4.45. The van der Waals surface area contributed by atoms with Gasteiger partial charge in [-0.15, -0.1) is 5.06 Å². The van der Waals surface area contributed by atoms with Crippen LogP contribution in [0.3, 0.4) is 0 Å². The lowest BCUT2D eigenvalue weighted by Gasteiger charge is -2.19. The van der Waals surface area contributed by atoms with Gasteiger partial charge in [0.2, 0.25) is 0 Å². The summed E-state index contributed by atoms with van der Waals surface area (Å²) in [6, 6.07) is 16.6. The Balaban J connectivity index is 1.46. The Kier molecular flexibility index (Phi) is 9.34. The fourth-order valence-electron chi connectivity index (χ4n) is 4.45. The third-order valence-corrected chi connectivity index (χ3v) is 7.02. The van der Waals surface area contributed by atoms with E-state index in [1.165, 1.54) is 0 Å². The van der Waals surface area contributed by atoms with Gasteiger partial charge in [0.05, 0.1) is 6.42 Å². The average Bonchev–Trinajstić information content (AvgIpc) is 3.29. The second-order valence-corrected chi connectivity index (χ2v) is 10.4. The zero-order valence-corrected chi connectivity index (χ0v) is 24.3. The number of hydrogen-bond acceptors (Lipinski definition) is 6. The van der Waals surface area contributed by atoms with E-state index in [0.29, 0.717) is 11.6 Å². The summed E-state index contributed by atoms with van der Waals surface area (Å²) >= 11 is 0. The van der Waals surface area contributed by atoms with Gasteiger partial charge in [0.25, 0.3) is 11.8 Å². The Morgan fingerprint density at radius 3 is 2.02 bits per heavy atom. The molecule has 0 bridgehead atoms. The number of anilines is 2. The molecule has 2 amide bonds. The van der Waals surface area contributed by atoms with Crippen molar-refractivity contribution in [1.29, 1.82) is 0 Å². The van der Waals surface area contributed by atoms with Crippen molar-refractivity contribution < 1.29 is 23.8 Å². The molecular weight excluding hydrogens is 516 g/mol. The third-order valence-electron chi connectivity index (χ3n) is 7.02. The number of imide groups is 1. The van der Waals surface area contributed by atoms with Gasteiger partial charge in [-0.3, -0.25) is 9.59 Å². The van der Waals surface area contributed by atoms with E-state index >= 15 is 0 Å². The molecule has 2 aromatic carbocycles. The molecule has 8 heteroatoms. The number of hydrogen-bond donors (Lipinski definition) is 0. The van der Waals surface area contributed by atoms with Crippen molar-refractivity contribution in [2.24, 2.45) is 0 Å². The summed E-state index contributed by atoms with van der Waals surface area (Å²) < 4.78 is 2.09. The highest BCUT2D eigenvalue weighted by molar-refractivity contribution is 6.04. The Labute approximate surface area is 241 Å². The molecule has 1 aliphatic carbocycles. The summed E-state index contributed by atoms with van der Waals surface area (Å²) in [4.78, 5) is 44.4. The van der Waals surface area contributed by atoms with Crippen molar-refractivity contribution in [3.8, 4) is 0 Å². The lowest BCUT2D eigenvalue weighted by Crippen LogP contribution is -2.33. The van der Waals surface area contributed by atoms with Crippen LogP contribution in [0.5, 0.6) is 0 Å². The number of carbonyl (C=O) groups is 3. The van der Waals surface area contributed by atoms with E-state index in [0.717, 1.165) is 39.4 Å². The minimum absolute atomic E-state index is 0.0484. The molecule has 4 rings (SSSR count). The molecule has 1 heterocycles. The SMILES string of the molecule is CN(C)c1ccc(C(/C=C/c2ccc(N(C)CCC(=O)ON3C(=O)CCC3=O)cc2)=C2C=CC(=[N+](C)C)C=C2)cc1. The monoisotopic (exact) mass is 553 g/mol. The first-order valence-electron chi connectivity index (χ1n) is 13.6. The number of allylic oxidation sites excluding steroid dienone is 7. The quantitative estimate of drug-likeness (QED) is 0.337. The predicted molar refractivity (Wildman–Crippen MR) is 164 cm³/mol. The Morgan fingerprint density at radius 2 is 1.46 bits per heavy atom. The van der Waals surface area contributed by atoms with Gasteiger partial charge >= 0.3 is 5.97 Å². The summed E-state index contributed by atoms with van der Waals surface area (Å²) in [5, 5.41) is 0.585. The van der Waals surface area contributed by atoms with Crippen LogP contribution in [-0.2, 0) is 19.2 Å². The van der Waals surface area contributed by atoms with Crippen molar-refractivity contribution in [3.63, 3.8) is 0 Å². The third kappa shape index (κ3) is 7.48. The van der Waals surface area contributed by atoms with E-state index in [2.05, 4.69) is 70.2 Å². The Bertz CT molecular complexity index is 1420. The molecule has 1 aliphatic heterocycles. The molecule has 0 unspecified atom stereocenters. The lowest BCUT2D eigenvalue weighted by atomic mass is 9.95. The smallest absolute Gasteiger partial charge is 0.334 e. The molecule has 0 N–H and O–H groups in total. The summed E-state index contributed by atoms with van der Waals surface area (Å²) in [7, 11) is 10.0. The molecular formula is C33H37N4O4+. The Morgan fingerprint density at radius 1 is 0.878 bits per heavy atom. The van der Waals surface area contributed by atoms with Gasteiger partial charge < -0.3 is 14.6 Å². The van der Waals surface area contributed by atoms with E-state index in [1.54, 1.807) is 0 Å². The van der Waals surface area contributed by atoms with E-state index in [-0.39, 0.29) is 19.3 Å². The fraction of sp³-hybridized carbons (Fsp3) is 0.273. The molecule has 0 aromatic heterocycles. The zero-order valence-electron chi connectivity index (χ0n) is 24.3. The molecule has 0 atom stereocenters. The molecule has 212 valence electrons. The summed E-state index contributed by atoms with van der Waals surface area (Å²) in [5.74, 6) is -1.56. The van der Waals surface area contributed by atoms with Crippen molar-refractivity contribution in [3.05, 3.63) is 95.6 Å². The van der Waals surface area contributed by atoms with E-state index in [9.17, 15) is 14.4 Å². The first kappa shape index (κ1) is 29.3. The highest BCUT2D eigenvalue weighted by Gasteiger charge is 2.32. The molecule has 0 saturated carbocycles. The number of benzene rings is 2. The first-order valence-corrected chi connectivity index (χ1v) is 13.6. The summed E-state index contributed by atoms with van der Waals surface area (Å²) in [5.41, 5.74) is 7.65. The highest BCUT2D eigenvalue weighted by Crippen LogP contribution is 2.27.